The molecule has 1 N–H and O–H groups in total. The zero-order valence-corrected chi connectivity index (χ0v) is 10.2. The fraction of sp³-hybridized carbons (Fsp3) is 0.154. The van der Waals surface area contributed by atoms with Gasteiger partial charge in [-0.15, -0.1) is 0 Å². The lowest BCUT2D eigenvalue weighted by Gasteiger charge is -2.07. The van der Waals surface area contributed by atoms with E-state index in [1.54, 1.807) is 0 Å². The fourth-order valence-electron chi connectivity index (χ4n) is 1.54. The van der Waals surface area contributed by atoms with Crippen LogP contribution in [-0.2, 0) is 0 Å². The van der Waals surface area contributed by atoms with Gasteiger partial charge in [0.25, 0.3) is 0 Å². The molecule has 0 fully saturated rings. The monoisotopic (exact) mass is 259 g/mol. The summed E-state index contributed by atoms with van der Waals surface area (Å²) in [6, 6.07) is 12.3. The number of nitrogens with one attached hydrogen (secondary N) is 1. The van der Waals surface area contributed by atoms with Gasteiger partial charge in [0.05, 0.1) is 11.5 Å². The summed E-state index contributed by atoms with van der Waals surface area (Å²) in [6.45, 7) is 0.838. The van der Waals surface area contributed by atoms with E-state index < -0.39 is 4.92 Å². The van der Waals surface area contributed by atoms with E-state index >= 15 is 0 Å². The van der Waals surface area contributed by atoms with Crippen molar-refractivity contribution in [2.75, 3.05) is 18.5 Å². The summed E-state index contributed by atoms with van der Waals surface area (Å²) in [5, 5.41) is 13.7. The molecule has 98 valence electrons. The lowest BCUT2D eigenvalue weighted by molar-refractivity contribution is -0.384. The third-order valence-corrected chi connectivity index (χ3v) is 2.39. The van der Waals surface area contributed by atoms with E-state index in [1.165, 1.54) is 18.3 Å². The summed E-state index contributed by atoms with van der Waals surface area (Å²) in [5.74, 6) is 1.02. The smallest absolute Gasteiger partial charge is 0.311 e. The molecule has 6 nitrogen and oxygen atoms in total. The van der Waals surface area contributed by atoms with Crippen molar-refractivity contribution in [3.63, 3.8) is 0 Å². The molecule has 0 radical (unpaired) electrons. The molecule has 1 heterocycles. The zero-order chi connectivity index (χ0) is 13.5. The van der Waals surface area contributed by atoms with Gasteiger partial charge in [-0.05, 0) is 18.2 Å². The molecular formula is C13H13N3O3. The Morgan fingerprint density at radius 2 is 2.00 bits per heavy atom. The molecule has 0 aliphatic heterocycles. The molecule has 0 bridgehead atoms. The minimum absolute atomic E-state index is 0.0396. The van der Waals surface area contributed by atoms with Crippen molar-refractivity contribution in [1.29, 1.82) is 0 Å². The lowest BCUT2D eigenvalue weighted by atomic mass is 10.3. The van der Waals surface area contributed by atoms with Gasteiger partial charge in [-0.2, -0.15) is 0 Å². The molecule has 0 spiro atoms. The highest BCUT2D eigenvalue weighted by molar-refractivity contribution is 5.54. The van der Waals surface area contributed by atoms with Crippen LogP contribution in [0.4, 0.5) is 11.5 Å². The normalized spacial score (nSPS) is 9.89. The number of nitro groups is 1. The molecule has 2 rings (SSSR count). The molecular weight excluding hydrogens is 246 g/mol. The molecule has 0 atom stereocenters. The lowest BCUT2D eigenvalue weighted by Crippen LogP contribution is -2.13. The number of hydrogen-bond acceptors (Lipinski definition) is 5. The molecule has 2 aromatic rings. The van der Waals surface area contributed by atoms with Gasteiger partial charge in [0.15, 0.2) is 0 Å². The van der Waals surface area contributed by atoms with Crippen LogP contribution in [0.25, 0.3) is 0 Å². The van der Waals surface area contributed by atoms with Gasteiger partial charge >= 0.3 is 5.69 Å². The van der Waals surface area contributed by atoms with E-state index in [1.807, 2.05) is 30.3 Å². The topological polar surface area (TPSA) is 77.3 Å². The summed E-state index contributed by atoms with van der Waals surface area (Å²) in [6.07, 6.45) is 1.51. The molecule has 0 saturated heterocycles. The van der Waals surface area contributed by atoms with Crippen molar-refractivity contribution in [1.82, 2.24) is 4.98 Å². The summed E-state index contributed by atoms with van der Waals surface area (Å²) >= 11 is 0. The van der Waals surface area contributed by atoms with E-state index in [-0.39, 0.29) is 11.5 Å². The van der Waals surface area contributed by atoms with Crippen LogP contribution in [0.15, 0.2) is 48.7 Å². The Hall–Kier alpha value is -2.63. The Balaban J connectivity index is 1.85. The highest BCUT2D eigenvalue weighted by Crippen LogP contribution is 2.19. The van der Waals surface area contributed by atoms with Crippen LogP contribution in [0.3, 0.4) is 0 Å². The van der Waals surface area contributed by atoms with Crippen molar-refractivity contribution in [2.24, 2.45) is 0 Å². The molecule has 0 aliphatic carbocycles. The predicted molar refractivity (Wildman–Crippen MR) is 71.3 cm³/mol. The number of nitrogens with zero attached hydrogens (tertiary/aromatic N) is 2. The number of aromatic nitrogens is 1. The second-order valence-electron chi connectivity index (χ2n) is 3.72. The molecule has 0 aliphatic rings. The SMILES string of the molecule is O=[N+]([O-])c1cccnc1NCCOc1ccccc1. The van der Waals surface area contributed by atoms with E-state index in [9.17, 15) is 10.1 Å². The van der Waals surface area contributed by atoms with Crippen LogP contribution in [-0.4, -0.2) is 23.1 Å². The van der Waals surface area contributed by atoms with Crippen molar-refractivity contribution < 1.29 is 9.66 Å². The highest BCUT2D eigenvalue weighted by Gasteiger charge is 2.12. The standard InChI is InChI=1S/C13H13N3O3/c17-16(18)12-7-4-8-14-13(12)15-9-10-19-11-5-2-1-3-6-11/h1-8H,9-10H2,(H,14,15). The maximum Gasteiger partial charge on any atom is 0.311 e. The Kier molecular flexibility index (Phi) is 4.28. The Labute approximate surface area is 110 Å². The van der Waals surface area contributed by atoms with E-state index in [4.69, 9.17) is 4.74 Å². The number of pyridine rings is 1. The third kappa shape index (κ3) is 3.67. The summed E-state index contributed by atoms with van der Waals surface area (Å²) in [5.41, 5.74) is -0.0396. The van der Waals surface area contributed by atoms with Gasteiger partial charge in [-0.1, -0.05) is 18.2 Å². The fourth-order valence-corrected chi connectivity index (χ4v) is 1.54. The first kappa shape index (κ1) is 12.8. The maximum atomic E-state index is 10.8. The van der Waals surface area contributed by atoms with E-state index in [0.29, 0.717) is 13.2 Å². The van der Waals surface area contributed by atoms with Gasteiger partial charge in [0.2, 0.25) is 5.82 Å². The number of ether oxygens (including phenoxy) is 1. The molecule has 1 aromatic heterocycles. The number of rotatable bonds is 6. The molecule has 0 amide bonds. The minimum atomic E-state index is -0.465. The van der Waals surface area contributed by atoms with Crippen molar-refractivity contribution in [3.8, 4) is 5.75 Å². The Morgan fingerprint density at radius 1 is 1.21 bits per heavy atom. The molecule has 1 aromatic carbocycles. The summed E-state index contributed by atoms with van der Waals surface area (Å²) in [7, 11) is 0. The number of para-hydroxylation sites is 1. The van der Waals surface area contributed by atoms with Gasteiger partial charge in [0, 0.05) is 12.3 Å². The first-order chi connectivity index (χ1) is 9.27. The predicted octanol–water partition coefficient (Wildman–Crippen LogP) is 2.48. The Morgan fingerprint density at radius 3 is 2.74 bits per heavy atom. The van der Waals surface area contributed by atoms with Crippen molar-refractivity contribution in [2.45, 2.75) is 0 Å². The average Bonchev–Trinajstić information content (AvgIpc) is 2.45. The van der Waals surface area contributed by atoms with Crippen molar-refractivity contribution in [3.05, 3.63) is 58.8 Å². The molecule has 19 heavy (non-hydrogen) atoms. The van der Waals surface area contributed by atoms with Crippen LogP contribution in [0.1, 0.15) is 0 Å². The second kappa shape index (κ2) is 6.34. The van der Waals surface area contributed by atoms with Gasteiger partial charge < -0.3 is 10.1 Å². The number of anilines is 1. The summed E-state index contributed by atoms with van der Waals surface area (Å²) < 4.78 is 5.47. The van der Waals surface area contributed by atoms with Crippen LogP contribution in [0, 0.1) is 10.1 Å². The quantitative estimate of drug-likeness (QED) is 0.490. The third-order valence-electron chi connectivity index (χ3n) is 2.39. The van der Waals surface area contributed by atoms with Crippen molar-refractivity contribution >= 4 is 11.5 Å². The van der Waals surface area contributed by atoms with E-state index in [0.717, 1.165) is 5.75 Å². The van der Waals surface area contributed by atoms with E-state index in [2.05, 4.69) is 10.3 Å². The van der Waals surface area contributed by atoms with Gasteiger partial charge in [0.1, 0.15) is 12.4 Å². The zero-order valence-electron chi connectivity index (χ0n) is 10.2. The maximum absolute atomic E-state index is 10.8. The first-order valence-corrected chi connectivity index (χ1v) is 5.78. The largest absolute Gasteiger partial charge is 0.492 e. The van der Waals surface area contributed by atoms with Crippen LogP contribution in [0.2, 0.25) is 0 Å². The van der Waals surface area contributed by atoms with Crippen LogP contribution in [0.5, 0.6) is 5.75 Å². The second-order valence-corrected chi connectivity index (χ2v) is 3.72. The highest BCUT2D eigenvalue weighted by atomic mass is 16.6. The Bertz CT molecular complexity index is 546. The van der Waals surface area contributed by atoms with Crippen LogP contribution < -0.4 is 10.1 Å². The van der Waals surface area contributed by atoms with Gasteiger partial charge in [-0.25, -0.2) is 4.98 Å². The molecule has 0 saturated carbocycles. The average molecular weight is 259 g/mol. The van der Waals surface area contributed by atoms with Crippen LogP contribution >= 0.6 is 0 Å². The molecule has 6 heteroatoms. The number of hydrogen-bond donors (Lipinski definition) is 1. The summed E-state index contributed by atoms with van der Waals surface area (Å²) in [4.78, 5) is 14.2. The van der Waals surface area contributed by atoms with Gasteiger partial charge in [-0.3, -0.25) is 10.1 Å². The first-order valence-electron chi connectivity index (χ1n) is 5.78. The number of benzene rings is 1. The molecule has 0 unspecified atom stereocenters. The minimum Gasteiger partial charge on any atom is -0.492 e.